The molecular formula is C17H26N2O2. The number of hydrogen-bond acceptors (Lipinski definition) is 3. The van der Waals surface area contributed by atoms with Gasteiger partial charge < -0.3 is 15.8 Å². The number of amides is 1. The van der Waals surface area contributed by atoms with Crippen LogP contribution in [-0.2, 0) is 16.0 Å². The Bertz CT molecular complexity index is 422. The fourth-order valence-corrected chi connectivity index (χ4v) is 2.67. The van der Waals surface area contributed by atoms with Crippen molar-refractivity contribution in [3.05, 3.63) is 35.9 Å². The van der Waals surface area contributed by atoms with Gasteiger partial charge in [-0.3, -0.25) is 4.79 Å². The van der Waals surface area contributed by atoms with Crippen LogP contribution < -0.4 is 11.1 Å². The third kappa shape index (κ3) is 5.48. The van der Waals surface area contributed by atoms with Crippen LogP contribution in [0.15, 0.2) is 30.3 Å². The number of aryl methyl sites for hydroxylation is 1. The van der Waals surface area contributed by atoms with E-state index >= 15 is 0 Å². The maximum Gasteiger partial charge on any atom is 0.249 e. The van der Waals surface area contributed by atoms with Crippen LogP contribution in [0, 0.1) is 0 Å². The topological polar surface area (TPSA) is 64.4 Å². The van der Waals surface area contributed by atoms with Gasteiger partial charge in [-0.2, -0.15) is 0 Å². The standard InChI is InChI=1S/C17H26N2O2/c18-13-15-10-11-16(21-15)17(20)19-12-6-2-5-9-14-7-3-1-4-8-14/h1,3-4,7-8,15-16H,2,5-6,9-13,18H2,(H,19,20)/t15-,16+/m1/s1. The Labute approximate surface area is 127 Å². The number of nitrogens with two attached hydrogens (primary N) is 1. The molecule has 1 aliphatic rings. The van der Waals surface area contributed by atoms with Gasteiger partial charge in [-0.1, -0.05) is 36.8 Å². The first-order chi connectivity index (χ1) is 10.3. The average Bonchev–Trinajstić information content (AvgIpc) is 3.00. The van der Waals surface area contributed by atoms with Gasteiger partial charge in [0.05, 0.1) is 6.10 Å². The van der Waals surface area contributed by atoms with Crippen LogP contribution in [-0.4, -0.2) is 31.2 Å². The zero-order valence-electron chi connectivity index (χ0n) is 12.6. The largest absolute Gasteiger partial charge is 0.364 e. The molecule has 3 N–H and O–H groups in total. The summed E-state index contributed by atoms with van der Waals surface area (Å²) in [5, 5.41) is 2.96. The third-order valence-corrected chi connectivity index (χ3v) is 3.95. The third-order valence-electron chi connectivity index (χ3n) is 3.95. The molecule has 2 atom stereocenters. The Hall–Kier alpha value is -1.39. The van der Waals surface area contributed by atoms with Gasteiger partial charge >= 0.3 is 0 Å². The van der Waals surface area contributed by atoms with Crippen LogP contribution in [0.25, 0.3) is 0 Å². The molecule has 1 aromatic carbocycles. The minimum absolute atomic E-state index is 0.0222. The number of benzene rings is 1. The lowest BCUT2D eigenvalue weighted by Gasteiger charge is -2.12. The molecule has 1 aromatic rings. The number of rotatable bonds is 8. The first-order valence-corrected chi connectivity index (χ1v) is 7.96. The Kier molecular flexibility index (Phi) is 6.70. The van der Waals surface area contributed by atoms with E-state index < -0.39 is 0 Å². The lowest BCUT2D eigenvalue weighted by atomic mass is 10.1. The van der Waals surface area contributed by atoms with Crippen molar-refractivity contribution in [3.63, 3.8) is 0 Å². The van der Waals surface area contributed by atoms with Crippen LogP contribution in [0.1, 0.15) is 37.7 Å². The second-order valence-electron chi connectivity index (χ2n) is 5.65. The SMILES string of the molecule is NC[C@H]1CC[C@@H](C(=O)NCCCCCc2ccccc2)O1. The molecule has 0 radical (unpaired) electrons. The van der Waals surface area contributed by atoms with Crippen LogP contribution in [0.5, 0.6) is 0 Å². The van der Waals surface area contributed by atoms with Crippen molar-refractivity contribution < 1.29 is 9.53 Å². The van der Waals surface area contributed by atoms with E-state index in [1.165, 1.54) is 5.56 Å². The van der Waals surface area contributed by atoms with Crippen molar-refractivity contribution in [1.82, 2.24) is 5.32 Å². The summed E-state index contributed by atoms with van der Waals surface area (Å²) in [7, 11) is 0. The minimum atomic E-state index is -0.289. The molecule has 116 valence electrons. The van der Waals surface area contributed by atoms with Gasteiger partial charge in [-0.25, -0.2) is 0 Å². The highest BCUT2D eigenvalue weighted by Crippen LogP contribution is 2.18. The summed E-state index contributed by atoms with van der Waals surface area (Å²) in [4.78, 5) is 11.9. The van der Waals surface area contributed by atoms with Gasteiger partial charge in [0.1, 0.15) is 6.10 Å². The summed E-state index contributed by atoms with van der Waals surface area (Å²) in [5.74, 6) is 0.0222. The predicted molar refractivity (Wildman–Crippen MR) is 84.0 cm³/mol. The van der Waals surface area contributed by atoms with E-state index in [1.807, 2.05) is 6.07 Å². The van der Waals surface area contributed by atoms with Crippen molar-refractivity contribution in [1.29, 1.82) is 0 Å². The zero-order chi connectivity index (χ0) is 14.9. The number of unbranched alkanes of at least 4 members (excludes halogenated alkanes) is 2. The molecule has 1 aliphatic heterocycles. The van der Waals surface area contributed by atoms with Crippen molar-refractivity contribution in [2.24, 2.45) is 5.73 Å². The highest BCUT2D eigenvalue weighted by atomic mass is 16.5. The number of carbonyl (C=O) groups excluding carboxylic acids is 1. The Morgan fingerprint density at radius 2 is 2.00 bits per heavy atom. The van der Waals surface area contributed by atoms with Gasteiger partial charge in [0.25, 0.3) is 0 Å². The summed E-state index contributed by atoms with van der Waals surface area (Å²) in [6.45, 7) is 1.24. The first kappa shape index (κ1) is 16.0. The quantitative estimate of drug-likeness (QED) is 0.720. The molecule has 4 nitrogen and oxygen atoms in total. The average molecular weight is 290 g/mol. The van der Waals surface area contributed by atoms with Crippen LogP contribution in [0.2, 0.25) is 0 Å². The number of nitrogens with one attached hydrogen (secondary N) is 1. The molecule has 1 heterocycles. The molecule has 0 unspecified atom stereocenters. The van der Waals surface area contributed by atoms with Gasteiger partial charge in [0.2, 0.25) is 5.91 Å². The highest BCUT2D eigenvalue weighted by Gasteiger charge is 2.29. The first-order valence-electron chi connectivity index (χ1n) is 7.96. The van der Waals surface area contributed by atoms with E-state index in [2.05, 4.69) is 29.6 Å². The van der Waals surface area contributed by atoms with Gasteiger partial charge in [0.15, 0.2) is 0 Å². The summed E-state index contributed by atoms with van der Waals surface area (Å²) in [5.41, 5.74) is 6.93. The van der Waals surface area contributed by atoms with Gasteiger partial charge in [-0.15, -0.1) is 0 Å². The summed E-state index contributed by atoms with van der Waals surface area (Å²) < 4.78 is 5.57. The van der Waals surface area contributed by atoms with Gasteiger partial charge in [-0.05, 0) is 37.7 Å². The molecule has 0 aromatic heterocycles. The molecular weight excluding hydrogens is 264 g/mol. The van der Waals surface area contributed by atoms with E-state index in [1.54, 1.807) is 0 Å². The Balaban J connectivity index is 1.51. The second kappa shape index (κ2) is 8.80. The van der Waals surface area contributed by atoms with Crippen LogP contribution in [0.4, 0.5) is 0 Å². The minimum Gasteiger partial charge on any atom is -0.364 e. The fourth-order valence-electron chi connectivity index (χ4n) is 2.67. The molecule has 0 aliphatic carbocycles. The zero-order valence-corrected chi connectivity index (χ0v) is 12.6. The second-order valence-corrected chi connectivity index (χ2v) is 5.65. The maximum absolute atomic E-state index is 11.9. The number of ether oxygens (including phenoxy) is 1. The molecule has 1 fully saturated rings. The summed E-state index contributed by atoms with van der Waals surface area (Å²) >= 11 is 0. The van der Waals surface area contributed by atoms with E-state index in [-0.39, 0.29) is 18.1 Å². The number of hydrogen-bond donors (Lipinski definition) is 2. The molecule has 0 bridgehead atoms. The van der Waals surface area contributed by atoms with Crippen LogP contribution in [0.3, 0.4) is 0 Å². The summed E-state index contributed by atoms with van der Waals surface area (Å²) in [6.07, 6.45) is 5.88. The lowest BCUT2D eigenvalue weighted by Crippen LogP contribution is -2.36. The highest BCUT2D eigenvalue weighted by molar-refractivity contribution is 5.80. The van der Waals surface area contributed by atoms with Crippen molar-refractivity contribution >= 4 is 5.91 Å². The number of carbonyl (C=O) groups is 1. The van der Waals surface area contributed by atoms with E-state index in [4.69, 9.17) is 10.5 Å². The molecule has 1 saturated heterocycles. The Morgan fingerprint density at radius 1 is 1.19 bits per heavy atom. The smallest absolute Gasteiger partial charge is 0.249 e. The molecule has 21 heavy (non-hydrogen) atoms. The van der Waals surface area contributed by atoms with E-state index in [0.29, 0.717) is 6.54 Å². The fraction of sp³-hybridized carbons (Fsp3) is 0.588. The van der Waals surface area contributed by atoms with Gasteiger partial charge in [0, 0.05) is 13.1 Å². The molecule has 0 saturated carbocycles. The monoisotopic (exact) mass is 290 g/mol. The lowest BCUT2D eigenvalue weighted by molar-refractivity contribution is -0.131. The van der Waals surface area contributed by atoms with E-state index in [0.717, 1.165) is 45.1 Å². The molecule has 2 rings (SSSR count). The van der Waals surface area contributed by atoms with Crippen LogP contribution >= 0.6 is 0 Å². The summed E-state index contributed by atoms with van der Waals surface area (Å²) in [6, 6.07) is 10.5. The molecule has 4 heteroatoms. The van der Waals surface area contributed by atoms with Crippen molar-refractivity contribution in [2.75, 3.05) is 13.1 Å². The predicted octanol–water partition coefficient (Wildman–Crippen LogP) is 2.02. The molecule has 0 spiro atoms. The Morgan fingerprint density at radius 3 is 2.71 bits per heavy atom. The molecule has 1 amide bonds. The maximum atomic E-state index is 11.9. The normalized spacial score (nSPS) is 21.4. The van der Waals surface area contributed by atoms with E-state index in [9.17, 15) is 4.79 Å². The van der Waals surface area contributed by atoms with Crippen molar-refractivity contribution in [2.45, 2.75) is 50.7 Å². The van der Waals surface area contributed by atoms with Crippen molar-refractivity contribution in [3.8, 4) is 0 Å².